The molecular formula is C23H26F4N4O. The Bertz CT molecular complexity index is 1040. The van der Waals surface area contributed by atoms with Crippen LogP contribution in [0.25, 0.3) is 0 Å². The number of nitrogens with one attached hydrogen (secondary N) is 1. The Balaban J connectivity index is 1.28. The number of piperidine rings is 1. The topological polar surface area (TPSA) is 52.2 Å². The van der Waals surface area contributed by atoms with Crippen LogP contribution in [0, 0.1) is 18.7 Å². The Kier molecular flexibility index (Phi) is 5.27. The van der Waals surface area contributed by atoms with Gasteiger partial charge in [0.25, 0.3) is 5.91 Å². The van der Waals surface area contributed by atoms with Crippen molar-refractivity contribution in [3.05, 3.63) is 51.6 Å². The van der Waals surface area contributed by atoms with E-state index in [0.717, 1.165) is 36.3 Å². The second-order valence-corrected chi connectivity index (χ2v) is 9.34. The first-order valence-corrected chi connectivity index (χ1v) is 11.2. The summed E-state index contributed by atoms with van der Waals surface area (Å²) in [6.07, 6.45) is -1.27. The van der Waals surface area contributed by atoms with Crippen LogP contribution in [0.5, 0.6) is 0 Å². The molecule has 1 aromatic carbocycles. The molecule has 1 aromatic heterocycles. The molecule has 2 aliphatic heterocycles. The van der Waals surface area contributed by atoms with Crippen molar-refractivity contribution < 1.29 is 22.4 Å². The lowest BCUT2D eigenvalue weighted by Gasteiger charge is -2.33. The molecule has 1 N–H and O–H groups in total. The fourth-order valence-electron chi connectivity index (χ4n) is 5.14. The van der Waals surface area contributed by atoms with Crippen LogP contribution in [0.15, 0.2) is 12.1 Å². The normalized spacial score (nSPS) is 20.1. The number of nitrogens with zero attached hydrogens (tertiary/aromatic N) is 3. The zero-order valence-corrected chi connectivity index (χ0v) is 17.9. The highest BCUT2D eigenvalue weighted by Crippen LogP contribution is 2.41. The number of H-pyrrole nitrogens is 1. The van der Waals surface area contributed by atoms with E-state index in [2.05, 4.69) is 15.1 Å². The molecule has 0 atom stereocenters. The van der Waals surface area contributed by atoms with E-state index in [-0.39, 0.29) is 23.0 Å². The molecule has 1 saturated carbocycles. The van der Waals surface area contributed by atoms with Crippen molar-refractivity contribution in [2.75, 3.05) is 19.6 Å². The van der Waals surface area contributed by atoms with Crippen LogP contribution in [0.1, 0.15) is 70.0 Å². The Morgan fingerprint density at radius 3 is 2.53 bits per heavy atom. The maximum atomic E-state index is 13.8. The third kappa shape index (κ3) is 3.91. The van der Waals surface area contributed by atoms with Gasteiger partial charge in [-0.3, -0.25) is 14.8 Å². The number of hydrogen-bond acceptors (Lipinski definition) is 3. The van der Waals surface area contributed by atoms with Crippen LogP contribution in [0.3, 0.4) is 0 Å². The summed E-state index contributed by atoms with van der Waals surface area (Å²) >= 11 is 0. The first-order valence-electron chi connectivity index (χ1n) is 11.2. The number of halogens is 4. The van der Waals surface area contributed by atoms with Gasteiger partial charge in [-0.05, 0) is 61.6 Å². The summed E-state index contributed by atoms with van der Waals surface area (Å²) in [5, 5.41) is 7.25. The standard InChI is InChI=1S/C23H26F4N4O/c1-13-18(24)5-4-16(20(13)23(25,26)27)15-6-8-31(9-7-15)22(32)21-17-11-30(10-14-2-3-14)12-19(17)28-29-21/h4-5,14-15H,2-3,6-12H2,1H3,(H,28,29). The first-order chi connectivity index (χ1) is 15.2. The van der Waals surface area contributed by atoms with Crippen LogP contribution >= 0.6 is 0 Å². The molecule has 0 unspecified atom stereocenters. The van der Waals surface area contributed by atoms with Gasteiger partial charge in [0.1, 0.15) is 5.82 Å². The maximum absolute atomic E-state index is 13.8. The maximum Gasteiger partial charge on any atom is 0.417 e. The summed E-state index contributed by atoms with van der Waals surface area (Å²) in [7, 11) is 0. The van der Waals surface area contributed by atoms with Gasteiger partial charge >= 0.3 is 6.18 Å². The average Bonchev–Trinajstić information content (AvgIpc) is 3.34. The summed E-state index contributed by atoms with van der Waals surface area (Å²) in [5.74, 6) is -0.618. The number of alkyl halides is 3. The van der Waals surface area contributed by atoms with Crippen molar-refractivity contribution in [1.82, 2.24) is 20.0 Å². The van der Waals surface area contributed by atoms with E-state index < -0.39 is 17.6 Å². The molecule has 9 heteroatoms. The highest BCUT2D eigenvalue weighted by Gasteiger charge is 2.39. The van der Waals surface area contributed by atoms with Crippen molar-refractivity contribution in [2.24, 2.45) is 5.92 Å². The summed E-state index contributed by atoms with van der Waals surface area (Å²) in [4.78, 5) is 17.1. The fraction of sp³-hybridized carbons (Fsp3) is 0.565. The summed E-state index contributed by atoms with van der Waals surface area (Å²) in [5.41, 5.74) is 1.26. The average molecular weight is 450 g/mol. The van der Waals surface area contributed by atoms with Gasteiger partial charge in [0.2, 0.25) is 0 Å². The van der Waals surface area contributed by atoms with Gasteiger partial charge in [-0.25, -0.2) is 4.39 Å². The molecule has 2 aromatic rings. The number of carbonyl (C=O) groups is 1. The molecule has 5 rings (SSSR count). The van der Waals surface area contributed by atoms with Crippen LogP contribution in [0.4, 0.5) is 17.6 Å². The minimum Gasteiger partial charge on any atom is -0.337 e. The van der Waals surface area contributed by atoms with Gasteiger partial charge in [0.15, 0.2) is 5.69 Å². The van der Waals surface area contributed by atoms with Gasteiger partial charge in [-0.1, -0.05) is 6.07 Å². The lowest BCUT2D eigenvalue weighted by Crippen LogP contribution is -2.39. The second kappa shape index (κ2) is 7.86. The van der Waals surface area contributed by atoms with E-state index in [0.29, 0.717) is 38.2 Å². The quantitative estimate of drug-likeness (QED) is 0.692. The number of amides is 1. The summed E-state index contributed by atoms with van der Waals surface area (Å²) in [6, 6.07) is 2.36. The molecule has 0 spiro atoms. The predicted molar refractivity (Wildman–Crippen MR) is 109 cm³/mol. The minimum absolute atomic E-state index is 0.125. The number of aromatic amines is 1. The SMILES string of the molecule is Cc1c(F)ccc(C2CCN(C(=O)c3n[nH]c4c3CN(CC3CC3)C4)CC2)c1C(F)(F)F. The van der Waals surface area contributed by atoms with Crippen molar-refractivity contribution in [3.8, 4) is 0 Å². The van der Waals surface area contributed by atoms with Crippen LogP contribution in [0.2, 0.25) is 0 Å². The Morgan fingerprint density at radius 1 is 1.16 bits per heavy atom. The molecule has 1 aliphatic carbocycles. The number of fused-ring (bicyclic) bond motifs is 1. The molecule has 3 heterocycles. The van der Waals surface area contributed by atoms with E-state index >= 15 is 0 Å². The van der Waals surface area contributed by atoms with Gasteiger partial charge in [-0.2, -0.15) is 18.3 Å². The fourth-order valence-corrected chi connectivity index (χ4v) is 5.14. The van der Waals surface area contributed by atoms with Gasteiger partial charge < -0.3 is 4.90 Å². The molecule has 2 fully saturated rings. The third-order valence-electron chi connectivity index (χ3n) is 7.07. The molecule has 0 radical (unpaired) electrons. The van der Waals surface area contributed by atoms with Gasteiger partial charge in [0.05, 0.1) is 11.3 Å². The van der Waals surface area contributed by atoms with Gasteiger partial charge in [-0.15, -0.1) is 0 Å². The molecule has 1 saturated heterocycles. The lowest BCUT2D eigenvalue weighted by molar-refractivity contribution is -0.139. The van der Waals surface area contributed by atoms with Crippen molar-refractivity contribution in [1.29, 1.82) is 0 Å². The van der Waals surface area contributed by atoms with E-state index in [1.165, 1.54) is 25.8 Å². The largest absolute Gasteiger partial charge is 0.417 e. The van der Waals surface area contributed by atoms with Crippen molar-refractivity contribution in [2.45, 2.75) is 57.8 Å². The molecule has 172 valence electrons. The monoisotopic (exact) mass is 450 g/mol. The Labute approximate surface area is 183 Å². The molecule has 5 nitrogen and oxygen atoms in total. The lowest BCUT2D eigenvalue weighted by atomic mass is 9.84. The van der Waals surface area contributed by atoms with Crippen LogP contribution in [-0.2, 0) is 19.3 Å². The van der Waals surface area contributed by atoms with Gasteiger partial charge in [0, 0.05) is 38.3 Å². The summed E-state index contributed by atoms with van der Waals surface area (Å²) < 4.78 is 54.7. The number of likely N-dealkylation sites (tertiary alicyclic amines) is 1. The Morgan fingerprint density at radius 2 is 1.88 bits per heavy atom. The predicted octanol–water partition coefficient (Wildman–Crippen LogP) is 4.62. The van der Waals surface area contributed by atoms with Crippen LogP contribution in [-0.4, -0.2) is 45.5 Å². The van der Waals surface area contributed by atoms with E-state index in [1.807, 2.05) is 0 Å². The molecule has 32 heavy (non-hydrogen) atoms. The number of aromatic nitrogens is 2. The zero-order chi connectivity index (χ0) is 22.6. The molecular weight excluding hydrogens is 424 g/mol. The summed E-state index contributed by atoms with van der Waals surface area (Å²) in [6.45, 7) is 4.41. The number of carbonyl (C=O) groups excluding carboxylic acids is 1. The zero-order valence-electron chi connectivity index (χ0n) is 17.9. The smallest absolute Gasteiger partial charge is 0.337 e. The number of rotatable bonds is 4. The molecule has 3 aliphatic rings. The number of benzene rings is 1. The van der Waals surface area contributed by atoms with Crippen molar-refractivity contribution >= 4 is 5.91 Å². The first kappa shape index (κ1) is 21.4. The highest BCUT2D eigenvalue weighted by atomic mass is 19.4. The van der Waals surface area contributed by atoms with Crippen LogP contribution < -0.4 is 0 Å². The Hall–Kier alpha value is -2.42. The minimum atomic E-state index is -4.61. The van der Waals surface area contributed by atoms with E-state index in [9.17, 15) is 22.4 Å². The third-order valence-corrected chi connectivity index (χ3v) is 7.07. The van der Waals surface area contributed by atoms with E-state index in [1.54, 1.807) is 4.90 Å². The highest BCUT2D eigenvalue weighted by molar-refractivity contribution is 5.94. The van der Waals surface area contributed by atoms with Crippen molar-refractivity contribution in [3.63, 3.8) is 0 Å². The van der Waals surface area contributed by atoms with E-state index in [4.69, 9.17) is 0 Å². The second-order valence-electron chi connectivity index (χ2n) is 9.34. The molecule has 1 amide bonds. The molecule has 0 bridgehead atoms. The number of hydrogen-bond donors (Lipinski definition) is 1.